The van der Waals surface area contributed by atoms with Gasteiger partial charge in [0.25, 0.3) is 11.8 Å². The Kier molecular flexibility index (Phi) is 6.71. The van der Waals surface area contributed by atoms with E-state index in [0.717, 1.165) is 10.6 Å². The Morgan fingerprint density at radius 2 is 2.06 bits per heavy atom. The van der Waals surface area contributed by atoms with Crippen molar-refractivity contribution in [2.24, 2.45) is 0 Å². The maximum atomic E-state index is 13.7. The molecule has 1 aliphatic rings. The van der Waals surface area contributed by atoms with Crippen LogP contribution in [0.15, 0.2) is 53.1 Å². The molecular weight excluding hydrogens is 483 g/mol. The van der Waals surface area contributed by atoms with Crippen LogP contribution in [0, 0.1) is 12.7 Å². The number of furan rings is 1. The average molecular weight is 509 g/mol. The lowest BCUT2D eigenvalue weighted by molar-refractivity contribution is 0.0620. The minimum Gasteiger partial charge on any atom is -0.496 e. The number of ether oxygens (including phenoxy) is 1. The zero-order valence-corrected chi connectivity index (χ0v) is 20.7. The van der Waals surface area contributed by atoms with Crippen LogP contribution in [0.2, 0.25) is 0 Å². The summed E-state index contributed by atoms with van der Waals surface area (Å²) in [6, 6.07) is 10.9. The van der Waals surface area contributed by atoms with Gasteiger partial charge in [-0.25, -0.2) is 9.37 Å². The highest BCUT2D eigenvalue weighted by Crippen LogP contribution is 2.32. The van der Waals surface area contributed by atoms with E-state index in [9.17, 15) is 14.0 Å². The minimum absolute atomic E-state index is 0.214. The van der Waals surface area contributed by atoms with Crippen molar-refractivity contribution >= 4 is 34.1 Å². The average Bonchev–Trinajstić information content (AvgIpc) is 3.53. The number of methoxy groups -OCH3 is 1. The van der Waals surface area contributed by atoms with Gasteiger partial charge >= 0.3 is 0 Å². The summed E-state index contributed by atoms with van der Waals surface area (Å²) in [5.74, 6) is -0.422. The standard InChI is InChI=1S/C26H25FN4O4S/c1-15-30-23(24(36-15)16-3-5-17(27)6-4-16)26(33)31-11-10-28-13-18(31)14-29-25(32)22-19-9-12-35-20(19)7-8-21(22)34-2/h3-9,12,18,28H,10-11,13-14H2,1-2H3,(H,29,32). The third-order valence-electron chi connectivity index (χ3n) is 6.20. The van der Waals surface area contributed by atoms with Crippen molar-refractivity contribution in [3.8, 4) is 16.2 Å². The molecule has 0 bridgehead atoms. The molecule has 4 aromatic rings. The first-order chi connectivity index (χ1) is 17.5. The van der Waals surface area contributed by atoms with E-state index in [1.807, 2.05) is 6.92 Å². The molecule has 2 amide bonds. The molecule has 1 unspecified atom stereocenters. The third kappa shape index (κ3) is 4.57. The first-order valence-corrected chi connectivity index (χ1v) is 12.4. The second kappa shape index (κ2) is 10.1. The highest BCUT2D eigenvalue weighted by molar-refractivity contribution is 7.15. The number of piperazine rings is 1. The fraction of sp³-hybridized carbons (Fsp3) is 0.269. The molecule has 1 fully saturated rings. The summed E-state index contributed by atoms with van der Waals surface area (Å²) in [4.78, 5) is 33.8. The van der Waals surface area contributed by atoms with Gasteiger partial charge in [-0.15, -0.1) is 11.3 Å². The zero-order chi connectivity index (χ0) is 25.2. The molecule has 10 heteroatoms. The molecule has 2 aromatic carbocycles. The van der Waals surface area contributed by atoms with Crippen LogP contribution >= 0.6 is 11.3 Å². The Hall–Kier alpha value is -3.76. The summed E-state index contributed by atoms with van der Waals surface area (Å²) in [6.45, 7) is 3.71. The van der Waals surface area contributed by atoms with E-state index in [4.69, 9.17) is 9.15 Å². The van der Waals surface area contributed by atoms with Crippen LogP contribution in [0.25, 0.3) is 21.4 Å². The summed E-state index contributed by atoms with van der Waals surface area (Å²) in [5.41, 5.74) is 2.06. The Morgan fingerprint density at radius 3 is 2.83 bits per heavy atom. The summed E-state index contributed by atoms with van der Waals surface area (Å²) < 4.78 is 24.3. The molecule has 36 heavy (non-hydrogen) atoms. The number of hydrogen-bond acceptors (Lipinski definition) is 7. The van der Waals surface area contributed by atoms with Crippen molar-refractivity contribution in [2.45, 2.75) is 13.0 Å². The number of fused-ring (bicyclic) bond motifs is 1. The Labute approximate surface area is 211 Å². The zero-order valence-electron chi connectivity index (χ0n) is 19.8. The number of thiazole rings is 1. The van der Waals surface area contributed by atoms with Gasteiger partial charge in [0.2, 0.25) is 0 Å². The van der Waals surface area contributed by atoms with E-state index >= 15 is 0 Å². The van der Waals surface area contributed by atoms with E-state index in [-0.39, 0.29) is 30.2 Å². The predicted molar refractivity (Wildman–Crippen MR) is 135 cm³/mol. The van der Waals surface area contributed by atoms with Gasteiger partial charge in [-0.1, -0.05) is 12.1 Å². The highest BCUT2D eigenvalue weighted by Gasteiger charge is 2.31. The van der Waals surface area contributed by atoms with Gasteiger partial charge < -0.3 is 24.7 Å². The molecule has 8 nitrogen and oxygen atoms in total. The van der Waals surface area contributed by atoms with Crippen LogP contribution in [-0.2, 0) is 0 Å². The Bertz CT molecular complexity index is 1420. The van der Waals surface area contributed by atoms with Crippen molar-refractivity contribution in [3.63, 3.8) is 0 Å². The molecule has 1 atom stereocenters. The fourth-order valence-electron chi connectivity index (χ4n) is 4.44. The van der Waals surface area contributed by atoms with Crippen molar-refractivity contribution in [1.82, 2.24) is 20.5 Å². The third-order valence-corrected chi connectivity index (χ3v) is 7.22. The summed E-state index contributed by atoms with van der Waals surface area (Å²) in [7, 11) is 1.51. The second-order valence-corrected chi connectivity index (χ2v) is 9.66. The normalized spacial score (nSPS) is 15.8. The van der Waals surface area contributed by atoms with Crippen LogP contribution in [0.5, 0.6) is 5.75 Å². The maximum Gasteiger partial charge on any atom is 0.274 e. The molecule has 0 radical (unpaired) electrons. The number of aromatic nitrogens is 1. The second-order valence-electron chi connectivity index (χ2n) is 8.46. The molecule has 0 aliphatic carbocycles. The molecule has 2 aromatic heterocycles. The molecule has 186 valence electrons. The highest BCUT2D eigenvalue weighted by atomic mass is 32.1. The number of nitrogens with zero attached hydrogens (tertiary/aromatic N) is 2. The predicted octanol–water partition coefficient (Wildman–Crippen LogP) is 3.86. The lowest BCUT2D eigenvalue weighted by Gasteiger charge is -2.36. The van der Waals surface area contributed by atoms with Gasteiger partial charge in [0.1, 0.15) is 22.8 Å². The summed E-state index contributed by atoms with van der Waals surface area (Å²) in [5, 5.41) is 7.67. The fourth-order valence-corrected chi connectivity index (χ4v) is 5.36. The molecule has 0 saturated carbocycles. The van der Waals surface area contributed by atoms with Gasteiger partial charge in [-0.05, 0) is 42.8 Å². The van der Waals surface area contributed by atoms with Crippen molar-refractivity contribution in [1.29, 1.82) is 0 Å². The summed E-state index contributed by atoms with van der Waals surface area (Å²) >= 11 is 1.40. The largest absolute Gasteiger partial charge is 0.496 e. The quantitative estimate of drug-likeness (QED) is 0.411. The van der Waals surface area contributed by atoms with Gasteiger partial charge in [0.05, 0.1) is 34.9 Å². The maximum absolute atomic E-state index is 13.7. The van der Waals surface area contributed by atoms with Crippen LogP contribution < -0.4 is 15.4 Å². The lowest BCUT2D eigenvalue weighted by Crippen LogP contribution is -2.57. The SMILES string of the molecule is COc1ccc2occc2c1C(=O)NCC1CNCCN1C(=O)c1nc(C)sc1-c1ccc(F)cc1. The number of benzene rings is 2. The number of amides is 2. The Balaban J connectivity index is 1.37. The number of hydrogen-bond donors (Lipinski definition) is 2. The van der Waals surface area contributed by atoms with E-state index < -0.39 is 0 Å². The minimum atomic E-state index is -0.339. The molecule has 1 aliphatic heterocycles. The first kappa shape index (κ1) is 24.0. The number of carbonyl (C=O) groups excluding carboxylic acids is 2. The number of nitrogens with one attached hydrogen (secondary N) is 2. The first-order valence-electron chi connectivity index (χ1n) is 11.5. The topological polar surface area (TPSA) is 96.7 Å². The van der Waals surface area contributed by atoms with Crippen molar-refractivity contribution in [2.75, 3.05) is 33.3 Å². The molecule has 0 spiro atoms. The Morgan fingerprint density at radius 1 is 1.25 bits per heavy atom. The number of aryl methyl sites for hydroxylation is 1. The van der Waals surface area contributed by atoms with Crippen LogP contribution in [-0.4, -0.2) is 61.0 Å². The van der Waals surface area contributed by atoms with E-state index in [2.05, 4.69) is 15.6 Å². The monoisotopic (exact) mass is 508 g/mol. The number of rotatable bonds is 6. The van der Waals surface area contributed by atoms with Gasteiger partial charge in [-0.3, -0.25) is 9.59 Å². The van der Waals surface area contributed by atoms with E-state index in [1.54, 1.807) is 35.2 Å². The molecular formula is C26H25FN4O4S. The van der Waals surface area contributed by atoms with Gasteiger partial charge in [-0.2, -0.15) is 0 Å². The summed E-state index contributed by atoms with van der Waals surface area (Å²) in [6.07, 6.45) is 1.53. The van der Waals surface area contributed by atoms with E-state index in [0.29, 0.717) is 52.5 Å². The van der Waals surface area contributed by atoms with E-state index in [1.165, 1.54) is 36.8 Å². The number of halogens is 1. The van der Waals surface area contributed by atoms with Crippen LogP contribution in [0.3, 0.4) is 0 Å². The van der Waals surface area contributed by atoms with Crippen molar-refractivity contribution < 1.29 is 23.1 Å². The molecule has 3 heterocycles. The number of carbonyl (C=O) groups is 2. The van der Waals surface area contributed by atoms with Gasteiger partial charge in [0.15, 0.2) is 0 Å². The lowest BCUT2D eigenvalue weighted by atomic mass is 10.1. The van der Waals surface area contributed by atoms with Gasteiger partial charge in [0, 0.05) is 31.6 Å². The van der Waals surface area contributed by atoms with Crippen LogP contribution in [0.4, 0.5) is 4.39 Å². The molecule has 1 saturated heterocycles. The smallest absolute Gasteiger partial charge is 0.274 e. The van der Waals surface area contributed by atoms with Crippen LogP contribution in [0.1, 0.15) is 25.9 Å². The molecule has 5 rings (SSSR count). The molecule has 2 N–H and O–H groups in total. The van der Waals surface area contributed by atoms with Crippen molar-refractivity contribution in [3.05, 3.63) is 70.8 Å².